The highest BCUT2D eigenvalue weighted by atomic mass is 19.3. The second kappa shape index (κ2) is 4.16. The molecule has 0 bridgehead atoms. The fourth-order valence-electron chi connectivity index (χ4n) is 0.944. The third-order valence-corrected chi connectivity index (χ3v) is 1.66. The monoisotopic (exact) mass is 221 g/mol. The Hall–Kier alpha value is -1.79. The maximum atomic E-state index is 12.8. The first-order valence-corrected chi connectivity index (χ1v) is 3.76. The van der Waals surface area contributed by atoms with Crippen LogP contribution in [0, 0.1) is 5.95 Å². The second-order valence-electron chi connectivity index (χ2n) is 2.57. The zero-order chi connectivity index (χ0) is 11.6. The predicted octanol–water partition coefficient (Wildman–Crippen LogP) is 1.24. The summed E-state index contributed by atoms with van der Waals surface area (Å²) in [6, 6.07) is 0.477. The lowest BCUT2D eigenvalue weighted by Gasteiger charge is -2.03. The molecule has 0 radical (unpaired) electrons. The molecule has 1 aromatic heterocycles. The number of H-pyrrole nitrogens is 1. The van der Waals surface area contributed by atoms with Crippen molar-refractivity contribution in [1.82, 2.24) is 4.98 Å². The van der Waals surface area contributed by atoms with Gasteiger partial charge in [-0.2, -0.15) is 4.39 Å². The molecule has 0 unspecified atom stereocenters. The Morgan fingerprint density at radius 2 is 2.13 bits per heavy atom. The summed E-state index contributed by atoms with van der Waals surface area (Å²) >= 11 is 0. The molecule has 0 spiro atoms. The Morgan fingerprint density at radius 3 is 2.60 bits per heavy atom. The molecular formula is C8H6F3NO3. The molecule has 0 amide bonds. The van der Waals surface area contributed by atoms with Crippen LogP contribution in [0.5, 0.6) is 0 Å². The lowest BCUT2D eigenvalue weighted by atomic mass is 10.2. The maximum Gasteiger partial charge on any atom is 0.343 e. The summed E-state index contributed by atoms with van der Waals surface area (Å²) in [6.07, 6.45) is -3.12. The van der Waals surface area contributed by atoms with Crippen LogP contribution in [-0.2, 0) is 4.74 Å². The molecule has 7 heteroatoms. The number of esters is 1. The van der Waals surface area contributed by atoms with Crippen molar-refractivity contribution in [2.75, 3.05) is 7.11 Å². The molecule has 82 valence electrons. The van der Waals surface area contributed by atoms with E-state index < -0.39 is 35.0 Å². The molecule has 4 nitrogen and oxygen atoms in total. The standard InChI is InChI=1S/C8H6F3NO3/c1-15-8(14)4-2-3(5(9)10)6(11)12-7(4)13/h2,5H,1H3,(H,12,13). The molecule has 15 heavy (non-hydrogen) atoms. The first-order valence-electron chi connectivity index (χ1n) is 3.76. The first-order chi connectivity index (χ1) is 6.97. The highest BCUT2D eigenvalue weighted by Gasteiger charge is 2.20. The van der Waals surface area contributed by atoms with Gasteiger partial charge in [0.05, 0.1) is 12.7 Å². The Labute approximate surface area is 81.7 Å². The predicted molar refractivity (Wildman–Crippen MR) is 43.3 cm³/mol. The molecule has 1 heterocycles. The van der Waals surface area contributed by atoms with E-state index in [0.29, 0.717) is 6.07 Å². The van der Waals surface area contributed by atoms with E-state index in [9.17, 15) is 22.8 Å². The van der Waals surface area contributed by atoms with Crippen molar-refractivity contribution in [3.63, 3.8) is 0 Å². The third-order valence-electron chi connectivity index (χ3n) is 1.66. The number of aromatic amines is 1. The Bertz CT molecular complexity index is 441. The second-order valence-corrected chi connectivity index (χ2v) is 2.57. The number of alkyl halides is 2. The van der Waals surface area contributed by atoms with E-state index in [1.54, 1.807) is 0 Å². The number of carbonyl (C=O) groups is 1. The van der Waals surface area contributed by atoms with Crippen LogP contribution in [0.4, 0.5) is 13.2 Å². The molecule has 0 aromatic carbocycles. The molecule has 0 atom stereocenters. The largest absolute Gasteiger partial charge is 0.465 e. The van der Waals surface area contributed by atoms with Gasteiger partial charge in [0.15, 0.2) is 0 Å². The summed E-state index contributed by atoms with van der Waals surface area (Å²) in [6.45, 7) is 0. The van der Waals surface area contributed by atoms with Crippen molar-refractivity contribution >= 4 is 5.97 Å². The number of methoxy groups -OCH3 is 1. The van der Waals surface area contributed by atoms with Crippen LogP contribution in [0.15, 0.2) is 10.9 Å². The molecule has 0 saturated carbocycles. The van der Waals surface area contributed by atoms with E-state index >= 15 is 0 Å². The number of pyridine rings is 1. The quantitative estimate of drug-likeness (QED) is 0.603. The average Bonchev–Trinajstić information content (AvgIpc) is 2.16. The number of rotatable bonds is 2. The fourth-order valence-corrected chi connectivity index (χ4v) is 0.944. The summed E-state index contributed by atoms with van der Waals surface area (Å²) in [5, 5.41) is 0. The van der Waals surface area contributed by atoms with E-state index in [-0.39, 0.29) is 0 Å². The SMILES string of the molecule is COC(=O)c1cc(C(F)F)c(F)[nH]c1=O. The van der Waals surface area contributed by atoms with Crippen molar-refractivity contribution in [3.05, 3.63) is 33.5 Å². The molecule has 0 aliphatic heterocycles. The van der Waals surface area contributed by atoms with Crippen LogP contribution in [-0.4, -0.2) is 18.1 Å². The third kappa shape index (κ3) is 2.17. The van der Waals surface area contributed by atoms with Gasteiger partial charge in [0, 0.05) is 0 Å². The number of carbonyl (C=O) groups excluding carboxylic acids is 1. The van der Waals surface area contributed by atoms with Crippen molar-refractivity contribution < 1.29 is 22.7 Å². The van der Waals surface area contributed by atoms with Crippen molar-refractivity contribution in [2.24, 2.45) is 0 Å². The van der Waals surface area contributed by atoms with Gasteiger partial charge in [-0.15, -0.1) is 0 Å². The lowest BCUT2D eigenvalue weighted by Crippen LogP contribution is -2.21. The molecule has 0 saturated heterocycles. The van der Waals surface area contributed by atoms with Crippen LogP contribution >= 0.6 is 0 Å². The minimum atomic E-state index is -3.12. The summed E-state index contributed by atoms with van der Waals surface area (Å²) < 4.78 is 41.3. The first kappa shape index (κ1) is 11.3. The maximum absolute atomic E-state index is 12.8. The number of aromatic nitrogens is 1. The van der Waals surface area contributed by atoms with Gasteiger partial charge in [0.2, 0.25) is 5.95 Å². The van der Waals surface area contributed by atoms with E-state index in [0.717, 1.165) is 7.11 Å². The minimum absolute atomic E-state index is 0.477. The molecule has 1 N–H and O–H groups in total. The number of hydrogen-bond donors (Lipinski definition) is 1. The number of halogens is 3. The van der Waals surface area contributed by atoms with Gasteiger partial charge in [-0.3, -0.25) is 9.78 Å². The van der Waals surface area contributed by atoms with E-state index in [1.165, 1.54) is 4.98 Å². The van der Waals surface area contributed by atoms with Gasteiger partial charge in [0.1, 0.15) is 5.56 Å². The van der Waals surface area contributed by atoms with Crippen LogP contribution in [0.3, 0.4) is 0 Å². The number of nitrogens with one attached hydrogen (secondary N) is 1. The smallest absolute Gasteiger partial charge is 0.343 e. The summed E-state index contributed by atoms with van der Waals surface area (Å²) in [4.78, 5) is 23.4. The van der Waals surface area contributed by atoms with E-state index in [4.69, 9.17) is 0 Å². The van der Waals surface area contributed by atoms with Gasteiger partial charge in [-0.25, -0.2) is 13.6 Å². The summed E-state index contributed by atoms with van der Waals surface area (Å²) in [7, 11) is 0.979. The molecule has 0 fully saturated rings. The topological polar surface area (TPSA) is 59.2 Å². The van der Waals surface area contributed by atoms with Gasteiger partial charge in [-0.05, 0) is 6.07 Å². The molecule has 1 rings (SSSR count). The van der Waals surface area contributed by atoms with Gasteiger partial charge < -0.3 is 4.74 Å². The number of hydrogen-bond acceptors (Lipinski definition) is 3. The summed E-state index contributed by atoms with van der Waals surface area (Å²) in [5.41, 5.74) is -2.81. The molecular weight excluding hydrogens is 215 g/mol. The Balaban J connectivity index is 3.36. The highest BCUT2D eigenvalue weighted by molar-refractivity contribution is 5.89. The normalized spacial score (nSPS) is 10.5. The molecule has 1 aromatic rings. The van der Waals surface area contributed by atoms with Gasteiger partial charge in [0.25, 0.3) is 12.0 Å². The Kier molecular flexibility index (Phi) is 3.13. The number of ether oxygens (including phenoxy) is 1. The summed E-state index contributed by atoms with van der Waals surface area (Å²) in [5.74, 6) is -2.55. The van der Waals surface area contributed by atoms with Crippen LogP contribution in [0.2, 0.25) is 0 Å². The van der Waals surface area contributed by atoms with Crippen LogP contribution in [0.1, 0.15) is 22.3 Å². The van der Waals surface area contributed by atoms with Crippen molar-refractivity contribution in [2.45, 2.75) is 6.43 Å². The molecule has 0 aliphatic carbocycles. The zero-order valence-electron chi connectivity index (χ0n) is 7.51. The molecule has 0 aliphatic rings. The minimum Gasteiger partial charge on any atom is -0.465 e. The van der Waals surface area contributed by atoms with E-state index in [2.05, 4.69) is 4.74 Å². The van der Waals surface area contributed by atoms with Crippen LogP contribution < -0.4 is 5.56 Å². The highest BCUT2D eigenvalue weighted by Crippen LogP contribution is 2.20. The lowest BCUT2D eigenvalue weighted by molar-refractivity contribution is 0.0597. The van der Waals surface area contributed by atoms with Gasteiger partial charge >= 0.3 is 5.97 Å². The fraction of sp³-hybridized carbons (Fsp3) is 0.250. The average molecular weight is 221 g/mol. The zero-order valence-corrected chi connectivity index (χ0v) is 7.51. The Morgan fingerprint density at radius 1 is 1.53 bits per heavy atom. The van der Waals surface area contributed by atoms with Crippen LogP contribution in [0.25, 0.3) is 0 Å². The van der Waals surface area contributed by atoms with Crippen molar-refractivity contribution in [3.8, 4) is 0 Å². The van der Waals surface area contributed by atoms with E-state index in [1.807, 2.05) is 0 Å². The van der Waals surface area contributed by atoms with Gasteiger partial charge in [-0.1, -0.05) is 0 Å². The van der Waals surface area contributed by atoms with Crippen molar-refractivity contribution in [1.29, 1.82) is 0 Å².